The first-order valence-corrected chi connectivity index (χ1v) is 8.42. The second-order valence-electron chi connectivity index (χ2n) is 6.53. The third-order valence-electron chi connectivity index (χ3n) is 4.93. The minimum atomic E-state index is -4.40. The standard InChI is InChI=1S/C16H15ClF3N5O/c1-23-15(26)14(17)12(6-22-23)24-7-10-5-11(8-24)25(10)13-4-9(2-3-21-13)16(18,19)20/h2-4,6,10-11H,5,7-8H2,1H3. The van der Waals surface area contributed by atoms with Crippen molar-refractivity contribution in [2.45, 2.75) is 24.7 Å². The molecule has 5 rings (SSSR count). The minimum Gasteiger partial charge on any atom is -0.365 e. The van der Waals surface area contributed by atoms with E-state index >= 15 is 0 Å². The van der Waals surface area contributed by atoms with Gasteiger partial charge >= 0.3 is 6.18 Å². The Bertz CT molecular complexity index is 903. The summed E-state index contributed by atoms with van der Waals surface area (Å²) < 4.78 is 40.0. The van der Waals surface area contributed by atoms with Crippen LogP contribution in [-0.2, 0) is 13.2 Å². The number of hydrogen-bond acceptors (Lipinski definition) is 5. The zero-order valence-corrected chi connectivity index (χ0v) is 14.5. The molecule has 0 saturated carbocycles. The van der Waals surface area contributed by atoms with Gasteiger partial charge in [-0.15, -0.1) is 0 Å². The van der Waals surface area contributed by atoms with Crippen molar-refractivity contribution in [3.8, 4) is 0 Å². The quantitative estimate of drug-likeness (QED) is 0.794. The fourth-order valence-corrected chi connectivity index (χ4v) is 3.93. The minimum absolute atomic E-state index is 0.0184. The molecule has 3 aliphatic heterocycles. The highest BCUT2D eigenvalue weighted by Gasteiger charge is 2.46. The first kappa shape index (κ1) is 17.1. The van der Waals surface area contributed by atoms with E-state index in [-0.39, 0.29) is 22.7 Å². The van der Waals surface area contributed by atoms with Crippen LogP contribution < -0.4 is 15.4 Å². The maximum atomic E-state index is 12.9. The number of anilines is 2. The predicted octanol–water partition coefficient (Wildman–Crippen LogP) is 2.32. The lowest BCUT2D eigenvalue weighted by atomic mass is 9.87. The molecule has 3 saturated heterocycles. The van der Waals surface area contributed by atoms with Crippen molar-refractivity contribution >= 4 is 23.1 Å². The maximum absolute atomic E-state index is 12.9. The van der Waals surface area contributed by atoms with E-state index < -0.39 is 11.7 Å². The molecule has 0 aliphatic carbocycles. The summed E-state index contributed by atoms with van der Waals surface area (Å²) in [6, 6.07) is 2.09. The maximum Gasteiger partial charge on any atom is 0.416 e. The Balaban J connectivity index is 1.57. The molecule has 6 nitrogen and oxygen atoms in total. The van der Waals surface area contributed by atoms with Gasteiger partial charge in [0.25, 0.3) is 5.56 Å². The van der Waals surface area contributed by atoms with E-state index in [2.05, 4.69) is 10.1 Å². The molecular weight excluding hydrogens is 371 g/mol. The molecule has 0 N–H and O–H groups in total. The molecular formula is C16H15ClF3N5O. The van der Waals surface area contributed by atoms with E-state index in [1.807, 2.05) is 9.80 Å². The number of piperidine rings is 1. The van der Waals surface area contributed by atoms with Crippen LogP contribution in [0.3, 0.4) is 0 Å². The Morgan fingerprint density at radius 2 is 1.96 bits per heavy atom. The lowest BCUT2D eigenvalue weighted by Gasteiger charge is -2.57. The molecule has 2 bridgehead atoms. The van der Waals surface area contributed by atoms with Crippen molar-refractivity contribution in [3.63, 3.8) is 0 Å². The van der Waals surface area contributed by atoms with Gasteiger partial charge in [-0.1, -0.05) is 11.6 Å². The molecule has 2 unspecified atom stereocenters. The van der Waals surface area contributed by atoms with Gasteiger partial charge in [-0.25, -0.2) is 9.67 Å². The molecule has 5 heterocycles. The van der Waals surface area contributed by atoms with Crippen LogP contribution >= 0.6 is 11.6 Å². The first-order chi connectivity index (χ1) is 12.3. The zero-order valence-electron chi connectivity index (χ0n) is 13.7. The van der Waals surface area contributed by atoms with Gasteiger partial charge in [0.15, 0.2) is 0 Å². The summed E-state index contributed by atoms with van der Waals surface area (Å²) in [4.78, 5) is 19.9. The Hall–Kier alpha value is -2.29. The summed E-state index contributed by atoms with van der Waals surface area (Å²) in [6.07, 6.45) is -0.801. The highest BCUT2D eigenvalue weighted by Crippen LogP contribution is 2.40. The molecule has 0 spiro atoms. The van der Waals surface area contributed by atoms with Crippen molar-refractivity contribution in [1.82, 2.24) is 14.8 Å². The highest BCUT2D eigenvalue weighted by atomic mass is 35.5. The molecule has 0 aromatic carbocycles. The Morgan fingerprint density at radius 1 is 1.27 bits per heavy atom. The SMILES string of the molecule is Cn1ncc(N2CC3CC(C2)N3c2cc(C(F)(F)F)ccn2)c(Cl)c1=O. The van der Waals surface area contributed by atoms with Crippen molar-refractivity contribution < 1.29 is 13.2 Å². The average molecular weight is 386 g/mol. The lowest BCUT2D eigenvalue weighted by Crippen LogP contribution is -2.69. The predicted molar refractivity (Wildman–Crippen MR) is 90.6 cm³/mol. The number of alkyl halides is 3. The second kappa shape index (κ2) is 5.87. The third-order valence-corrected chi connectivity index (χ3v) is 5.29. The zero-order chi connectivity index (χ0) is 18.6. The first-order valence-electron chi connectivity index (χ1n) is 8.04. The summed E-state index contributed by atoms with van der Waals surface area (Å²) in [5.74, 6) is 0.328. The van der Waals surface area contributed by atoms with Gasteiger partial charge in [-0.05, 0) is 18.6 Å². The van der Waals surface area contributed by atoms with E-state index in [1.165, 1.54) is 13.2 Å². The average Bonchev–Trinajstić information content (AvgIpc) is 2.59. The highest BCUT2D eigenvalue weighted by molar-refractivity contribution is 6.33. The van der Waals surface area contributed by atoms with Gasteiger partial charge in [-0.3, -0.25) is 4.79 Å². The number of halogens is 4. The summed E-state index contributed by atoms with van der Waals surface area (Å²) in [6.45, 7) is 1.09. The number of fused-ring (bicyclic) bond motifs is 2. The number of rotatable bonds is 2. The summed E-state index contributed by atoms with van der Waals surface area (Å²) in [7, 11) is 1.52. The van der Waals surface area contributed by atoms with Gasteiger partial charge in [0.1, 0.15) is 10.8 Å². The Labute approximate surface area is 151 Å². The van der Waals surface area contributed by atoms with Gasteiger partial charge in [0, 0.05) is 26.3 Å². The topological polar surface area (TPSA) is 54.3 Å². The van der Waals surface area contributed by atoms with E-state index in [9.17, 15) is 18.0 Å². The monoisotopic (exact) mass is 385 g/mol. The molecule has 10 heteroatoms. The molecule has 26 heavy (non-hydrogen) atoms. The molecule has 2 atom stereocenters. The Kier molecular flexibility index (Phi) is 3.87. The lowest BCUT2D eigenvalue weighted by molar-refractivity contribution is -0.137. The molecule has 2 aromatic rings. The molecule has 2 aromatic heterocycles. The largest absolute Gasteiger partial charge is 0.416 e. The number of aromatic nitrogens is 3. The van der Waals surface area contributed by atoms with Crippen LogP contribution in [0.25, 0.3) is 0 Å². The summed E-state index contributed by atoms with van der Waals surface area (Å²) in [5.41, 5.74) is -0.524. The summed E-state index contributed by atoms with van der Waals surface area (Å²) in [5, 5.41) is 4.10. The third kappa shape index (κ3) is 2.70. The van der Waals surface area contributed by atoms with Gasteiger partial charge < -0.3 is 9.80 Å². The number of aryl methyl sites for hydroxylation is 1. The van der Waals surface area contributed by atoms with E-state index in [4.69, 9.17) is 11.6 Å². The van der Waals surface area contributed by atoms with Crippen LogP contribution in [0.2, 0.25) is 5.02 Å². The van der Waals surface area contributed by atoms with E-state index in [0.29, 0.717) is 24.6 Å². The number of pyridine rings is 1. The van der Waals surface area contributed by atoms with Crippen LogP contribution in [0.1, 0.15) is 12.0 Å². The van der Waals surface area contributed by atoms with Crippen LogP contribution in [0.5, 0.6) is 0 Å². The fraction of sp³-hybridized carbons (Fsp3) is 0.438. The van der Waals surface area contributed by atoms with Crippen LogP contribution in [0, 0.1) is 0 Å². The van der Waals surface area contributed by atoms with Crippen molar-refractivity contribution in [2.75, 3.05) is 22.9 Å². The van der Waals surface area contributed by atoms with Crippen LogP contribution in [0.15, 0.2) is 29.3 Å². The normalized spacial score (nSPS) is 22.3. The number of hydrogen-bond donors (Lipinski definition) is 0. The van der Waals surface area contributed by atoms with Crippen LogP contribution in [-0.4, -0.2) is 39.9 Å². The number of nitrogens with zero attached hydrogens (tertiary/aromatic N) is 5. The van der Waals surface area contributed by atoms with Crippen molar-refractivity contribution in [1.29, 1.82) is 0 Å². The van der Waals surface area contributed by atoms with Gasteiger partial charge in [-0.2, -0.15) is 18.3 Å². The number of piperazine rings is 1. The fourth-order valence-electron chi connectivity index (χ4n) is 3.64. The summed E-state index contributed by atoms with van der Waals surface area (Å²) >= 11 is 6.15. The molecule has 3 fully saturated rings. The molecule has 0 radical (unpaired) electrons. The van der Waals surface area contributed by atoms with E-state index in [0.717, 1.165) is 23.2 Å². The smallest absolute Gasteiger partial charge is 0.365 e. The van der Waals surface area contributed by atoms with Gasteiger partial charge in [0.05, 0.1) is 29.5 Å². The molecule has 0 amide bonds. The van der Waals surface area contributed by atoms with Crippen molar-refractivity contribution in [3.05, 3.63) is 45.5 Å². The van der Waals surface area contributed by atoms with Crippen molar-refractivity contribution in [2.24, 2.45) is 7.05 Å². The van der Waals surface area contributed by atoms with Crippen LogP contribution in [0.4, 0.5) is 24.7 Å². The Morgan fingerprint density at radius 3 is 2.62 bits per heavy atom. The molecule has 138 valence electrons. The van der Waals surface area contributed by atoms with Gasteiger partial charge in [0.2, 0.25) is 0 Å². The van der Waals surface area contributed by atoms with E-state index in [1.54, 1.807) is 6.20 Å². The molecule has 3 aliphatic rings. The second-order valence-corrected chi connectivity index (χ2v) is 6.91.